The third-order valence-corrected chi connectivity index (χ3v) is 4.90. The first-order chi connectivity index (χ1) is 14.8. The van der Waals surface area contributed by atoms with Gasteiger partial charge in [0.25, 0.3) is 0 Å². The van der Waals surface area contributed by atoms with E-state index in [1.807, 2.05) is 48.5 Å². The Labute approximate surface area is 176 Å². The van der Waals surface area contributed by atoms with Crippen LogP contribution in [-0.2, 0) is 13.2 Å². The number of ether oxygens (including phenoxy) is 2. The largest absolute Gasteiger partial charge is 0.496 e. The van der Waals surface area contributed by atoms with Crippen molar-refractivity contribution in [1.82, 2.24) is 5.43 Å². The molecule has 4 aromatic rings. The Hall–Kier alpha value is -3.79. The zero-order valence-electron chi connectivity index (χ0n) is 16.9. The fourth-order valence-corrected chi connectivity index (χ4v) is 3.36. The molecule has 1 N–H and O–H groups in total. The quantitative estimate of drug-likeness (QED) is 0.314. The number of benzene rings is 4. The normalized spacial score (nSPS) is 11.0. The van der Waals surface area contributed by atoms with Crippen LogP contribution in [0.2, 0.25) is 0 Å². The first-order valence-corrected chi connectivity index (χ1v) is 9.91. The van der Waals surface area contributed by atoms with Crippen molar-refractivity contribution in [3.05, 3.63) is 108 Å². The van der Waals surface area contributed by atoms with Crippen molar-refractivity contribution in [3.63, 3.8) is 0 Å². The van der Waals surface area contributed by atoms with Gasteiger partial charge in [0, 0.05) is 5.56 Å². The molecule has 0 heterocycles. The second kappa shape index (κ2) is 9.61. The van der Waals surface area contributed by atoms with Gasteiger partial charge in [0.05, 0.1) is 19.9 Å². The number of rotatable bonds is 8. The lowest BCUT2D eigenvalue weighted by atomic mass is 10.1. The molecule has 0 aliphatic rings. The molecule has 4 nitrogen and oxygen atoms in total. The van der Waals surface area contributed by atoms with Crippen LogP contribution in [-0.4, -0.2) is 13.3 Å². The standard InChI is InChI=1S/C26H24N2O2/c1-29-26-15-5-3-10-22(26)18-28-27-17-20-8-6-13-24(16-20)30-19-23-12-7-11-21-9-2-4-14-25(21)23/h2-17,28H,18-19H2,1H3/b27-17-. The number of hydrogen-bond donors (Lipinski definition) is 1. The molecule has 0 bridgehead atoms. The Bertz CT molecular complexity index is 1150. The minimum Gasteiger partial charge on any atom is -0.496 e. The van der Waals surface area contributed by atoms with Gasteiger partial charge in [-0.15, -0.1) is 0 Å². The van der Waals surface area contributed by atoms with Crippen LogP contribution in [0.25, 0.3) is 10.8 Å². The van der Waals surface area contributed by atoms with Crippen LogP contribution in [0.3, 0.4) is 0 Å². The van der Waals surface area contributed by atoms with Crippen LogP contribution in [0.4, 0.5) is 0 Å². The zero-order chi connectivity index (χ0) is 20.6. The fraction of sp³-hybridized carbons (Fsp3) is 0.115. The molecule has 0 amide bonds. The lowest BCUT2D eigenvalue weighted by Crippen LogP contribution is -2.06. The number of methoxy groups -OCH3 is 1. The van der Waals surface area contributed by atoms with Crippen molar-refractivity contribution in [1.29, 1.82) is 0 Å². The van der Waals surface area contributed by atoms with Crippen molar-refractivity contribution < 1.29 is 9.47 Å². The van der Waals surface area contributed by atoms with E-state index < -0.39 is 0 Å². The van der Waals surface area contributed by atoms with E-state index >= 15 is 0 Å². The van der Waals surface area contributed by atoms with Crippen LogP contribution in [0, 0.1) is 0 Å². The number of nitrogens with one attached hydrogen (secondary N) is 1. The van der Waals surface area contributed by atoms with Crippen LogP contribution in [0.15, 0.2) is 96.1 Å². The summed E-state index contributed by atoms with van der Waals surface area (Å²) < 4.78 is 11.4. The minimum absolute atomic E-state index is 0.522. The molecule has 0 aliphatic heterocycles. The number of nitrogens with zero attached hydrogens (tertiary/aromatic N) is 1. The molecule has 0 spiro atoms. The van der Waals surface area contributed by atoms with Gasteiger partial charge >= 0.3 is 0 Å². The van der Waals surface area contributed by atoms with E-state index in [1.165, 1.54) is 16.3 Å². The molecule has 0 unspecified atom stereocenters. The summed E-state index contributed by atoms with van der Waals surface area (Å²) in [7, 11) is 1.67. The third-order valence-electron chi connectivity index (χ3n) is 4.90. The summed E-state index contributed by atoms with van der Waals surface area (Å²) in [5, 5.41) is 6.77. The first-order valence-electron chi connectivity index (χ1n) is 9.91. The van der Waals surface area contributed by atoms with E-state index in [-0.39, 0.29) is 0 Å². The maximum absolute atomic E-state index is 6.05. The van der Waals surface area contributed by atoms with Crippen LogP contribution < -0.4 is 14.9 Å². The first kappa shape index (κ1) is 19.5. The van der Waals surface area contributed by atoms with E-state index in [9.17, 15) is 0 Å². The summed E-state index contributed by atoms with van der Waals surface area (Å²) in [4.78, 5) is 0. The van der Waals surface area contributed by atoms with Crippen molar-refractivity contribution >= 4 is 17.0 Å². The van der Waals surface area contributed by atoms with Gasteiger partial charge in [0.1, 0.15) is 18.1 Å². The monoisotopic (exact) mass is 396 g/mol. The molecule has 0 saturated heterocycles. The Morgan fingerprint density at radius 3 is 2.53 bits per heavy atom. The molecule has 30 heavy (non-hydrogen) atoms. The van der Waals surface area contributed by atoms with Gasteiger partial charge in [-0.25, -0.2) is 0 Å². The molecular weight excluding hydrogens is 372 g/mol. The summed E-state index contributed by atoms with van der Waals surface area (Å²) in [6.07, 6.45) is 1.79. The second-order valence-corrected chi connectivity index (χ2v) is 6.90. The summed E-state index contributed by atoms with van der Waals surface area (Å²) in [6.45, 7) is 1.12. The summed E-state index contributed by atoms with van der Waals surface area (Å²) in [5.41, 5.74) is 6.27. The molecule has 4 rings (SSSR count). The summed E-state index contributed by atoms with van der Waals surface area (Å²) >= 11 is 0. The smallest absolute Gasteiger partial charge is 0.123 e. The van der Waals surface area contributed by atoms with E-state index in [0.717, 1.165) is 22.6 Å². The zero-order valence-corrected chi connectivity index (χ0v) is 16.9. The molecule has 0 radical (unpaired) electrons. The van der Waals surface area contributed by atoms with Gasteiger partial charge in [0.2, 0.25) is 0 Å². The van der Waals surface area contributed by atoms with Gasteiger partial charge in [-0.1, -0.05) is 72.8 Å². The molecule has 0 saturated carbocycles. The van der Waals surface area contributed by atoms with E-state index in [1.54, 1.807) is 13.3 Å². The molecule has 0 aliphatic carbocycles. The van der Waals surface area contributed by atoms with Crippen molar-refractivity contribution in [2.75, 3.05) is 7.11 Å². The number of hydrogen-bond acceptors (Lipinski definition) is 4. The highest BCUT2D eigenvalue weighted by Crippen LogP contribution is 2.21. The topological polar surface area (TPSA) is 42.8 Å². The third kappa shape index (κ3) is 4.78. The Morgan fingerprint density at radius 1 is 0.833 bits per heavy atom. The van der Waals surface area contributed by atoms with E-state index in [2.05, 4.69) is 53.0 Å². The van der Waals surface area contributed by atoms with Gasteiger partial charge in [-0.2, -0.15) is 5.10 Å². The van der Waals surface area contributed by atoms with Crippen molar-refractivity contribution in [2.45, 2.75) is 13.2 Å². The van der Waals surface area contributed by atoms with Gasteiger partial charge in [-0.3, -0.25) is 0 Å². The summed E-state index contributed by atoms with van der Waals surface area (Å²) in [6, 6.07) is 30.5. The highest BCUT2D eigenvalue weighted by atomic mass is 16.5. The molecule has 4 heteroatoms. The molecule has 0 aromatic heterocycles. The second-order valence-electron chi connectivity index (χ2n) is 6.90. The SMILES string of the molecule is COc1ccccc1CN/N=C\c1cccc(OCc2cccc3ccccc23)c1. The van der Waals surface area contributed by atoms with E-state index in [4.69, 9.17) is 9.47 Å². The lowest BCUT2D eigenvalue weighted by Gasteiger charge is -2.10. The predicted octanol–water partition coefficient (Wildman–Crippen LogP) is 5.55. The molecule has 4 aromatic carbocycles. The van der Waals surface area contributed by atoms with E-state index in [0.29, 0.717) is 13.2 Å². The maximum Gasteiger partial charge on any atom is 0.123 e. The van der Waals surface area contributed by atoms with Crippen molar-refractivity contribution in [2.24, 2.45) is 5.10 Å². The Morgan fingerprint density at radius 2 is 1.60 bits per heavy atom. The molecule has 0 atom stereocenters. The lowest BCUT2D eigenvalue weighted by molar-refractivity contribution is 0.307. The Balaban J connectivity index is 1.37. The predicted molar refractivity (Wildman–Crippen MR) is 122 cm³/mol. The summed E-state index contributed by atoms with van der Waals surface area (Å²) in [5.74, 6) is 1.67. The number of hydrazone groups is 1. The number of para-hydroxylation sites is 1. The average molecular weight is 396 g/mol. The number of fused-ring (bicyclic) bond motifs is 1. The van der Waals surface area contributed by atoms with Gasteiger partial charge < -0.3 is 14.9 Å². The highest BCUT2D eigenvalue weighted by Gasteiger charge is 2.02. The molecule has 150 valence electrons. The minimum atomic E-state index is 0.522. The van der Waals surface area contributed by atoms with Crippen molar-refractivity contribution in [3.8, 4) is 11.5 Å². The van der Waals surface area contributed by atoms with Gasteiger partial charge in [-0.05, 0) is 40.1 Å². The average Bonchev–Trinajstić information content (AvgIpc) is 2.81. The van der Waals surface area contributed by atoms with Crippen LogP contribution in [0.5, 0.6) is 11.5 Å². The van der Waals surface area contributed by atoms with Gasteiger partial charge in [0.15, 0.2) is 0 Å². The maximum atomic E-state index is 6.05. The highest BCUT2D eigenvalue weighted by molar-refractivity contribution is 5.85. The molecular formula is C26H24N2O2. The van der Waals surface area contributed by atoms with Crippen LogP contribution in [0.1, 0.15) is 16.7 Å². The Kier molecular flexibility index (Phi) is 6.25. The van der Waals surface area contributed by atoms with Crippen LogP contribution >= 0.6 is 0 Å². The fourth-order valence-electron chi connectivity index (χ4n) is 3.36. The molecule has 0 fully saturated rings.